The van der Waals surface area contributed by atoms with E-state index in [9.17, 15) is 4.39 Å². The van der Waals surface area contributed by atoms with Crippen LogP contribution in [0.2, 0.25) is 0 Å². The summed E-state index contributed by atoms with van der Waals surface area (Å²) >= 11 is 3.40. The number of nitrogens with one attached hydrogen (secondary N) is 1. The molecule has 0 saturated carbocycles. The van der Waals surface area contributed by atoms with Gasteiger partial charge in [0.15, 0.2) is 0 Å². The van der Waals surface area contributed by atoms with Gasteiger partial charge < -0.3 is 5.32 Å². The average Bonchev–Trinajstić information content (AvgIpc) is 2.84. The topological polar surface area (TPSA) is 29.9 Å². The zero-order valence-electron chi connectivity index (χ0n) is 8.37. The van der Waals surface area contributed by atoms with Gasteiger partial charge in [-0.3, -0.25) is 0 Å². The Balaban J connectivity index is 2.21. The van der Waals surface area contributed by atoms with Crippen molar-refractivity contribution in [1.29, 1.82) is 0 Å². The molecule has 3 nitrogen and oxygen atoms in total. The molecule has 3 rings (SSSR count). The summed E-state index contributed by atoms with van der Waals surface area (Å²) in [7, 11) is 0. The third-order valence-electron chi connectivity index (χ3n) is 2.72. The van der Waals surface area contributed by atoms with Gasteiger partial charge in [-0.05, 0) is 28.1 Å². The van der Waals surface area contributed by atoms with Crippen LogP contribution in [0.15, 0.2) is 28.9 Å². The molecule has 0 saturated heterocycles. The first kappa shape index (κ1) is 9.99. The van der Waals surface area contributed by atoms with E-state index in [-0.39, 0.29) is 5.82 Å². The Bertz CT molecular complexity index is 550. The van der Waals surface area contributed by atoms with Crippen LogP contribution < -0.4 is 5.32 Å². The lowest BCUT2D eigenvalue weighted by atomic mass is 10.2. The Morgan fingerprint density at radius 3 is 2.94 bits per heavy atom. The molecule has 0 atom stereocenters. The van der Waals surface area contributed by atoms with Gasteiger partial charge in [0.2, 0.25) is 0 Å². The number of aromatic nitrogens is 2. The summed E-state index contributed by atoms with van der Waals surface area (Å²) in [6.45, 7) is 1.51. The van der Waals surface area contributed by atoms with Crippen molar-refractivity contribution in [2.75, 3.05) is 0 Å². The first-order valence-electron chi connectivity index (χ1n) is 4.99. The average molecular weight is 282 g/mol. The number of rotatable bonds is 1. The SMILES string of the molecule is Fc1ccccc1-n1nc(Br)c2c1CNC2. The van der Waals surface area contributed by atoms with Crippen LogP contribution in [0.1, 0.15) is 11.3 Å². The molecule has 16 heavy (non-hydrogen) atoms. The van der Waals surface area contributed by atoms with E-state index in [0.29, 0.717) is 5.69 Å². The fraction of sp³-hybridized carbons (Fsp3) is 0.182. The van der Waals surface area contributed by atoms with E-state index < -0.39 is 0 Å². The number of halogens is 2. The van der Waals surface area contributed by atoms with E-state index in [1.165, 1.54) is 6.07 Å². The molecule has 1 aromatic carbocycles. The normalized spacial score (nSPS) is 14.1. The van der Waals surface area contributed by atoms with Crippen molar-refractivity contribution in [2.24, 2.45) is 0 Å². The van der Waals surface area contributed by atoms with Crippen molar-refractivity contribution >= 4 is 15.9 Å². The Kier molecular flexibility index (Phi) is 2.29. The van der Waals surface area contributed by atoms with Gasteiger partial charge in [-0.25, -0.2) is 9.07 Å². The van der Waals surface area contributed by atoms with Crippen LogP contribution in [-0.4, -0.2) is 9.78 Å². The van der Waals surface area contributed by atoms with Gasteiger partial charge in [-0.2, -0.15) is 5.10 Å². The number of benzene rings is 1. The van der Waals surface area contributed by atoms with E-state index in [1.807, 2.05) is 6.07 Å². The molecular weight excluding hydrogens is 273 g/mol. The standard InChI is InChI=1S/C11H9BrFN3/c12-11-7-5-14-6-10(7)16(15-11)9-4-2-1-3-8(9)13/h1-4,14H,5-6H2. The largest absolute Gasteiger partial charge is 0.307 e. The summed E-state index contributed by atoms with van der Waals surface area (Å²) in [5, 5.41) is 7.54. The number of fused-ring (bicyclic) bond motifs is 1. The van der Waals surface area contributed by atoms with Crippen molar-refractivity contribution in [3.8, 4) is 5.69 Å². The lowest BCUT2D eigenvalue weighted by Gasteiger charge is -2.05. The minimum Gasteiger partial charge on any atom is -0.307 e. The molecule has 2 aromatic rings. The Labute approximate surface area is 100 Å². The van der Waals surface area contributed by atoms with Gasteiger partial charge in [0.1, 0.15) is 16.1 Å². The maximum Gasteiger partial charge on any atom is 0.148 e. The summed E-state index contributed by atoms with van der Waals surface area (Å²) in [6.07, 6.45) is 0. The molecule has 82 valence electrons. The van der Waals surface area contributed by atoms with Gasteiger partial charge in [0.05, 0.1) is 5.69 Å². The molecule has 5 heteroatoms. The summed E-state index contributed by atoms with van der Waals surface area (Å²) in [5.41, 5.74) is 2.63. The second kappa shape index (κ2) is 3.68. The number of hydrogen-bond acceptors (Lipinski definition) is 2. The fourth-order valence-electron chi connectivity index (χ4n) is 1.94. The maximum absolute atomic E-state index is 13.7. The second-order valence-electron chi connectivity index (χ2n) is 3.68. The van der Waals surface area contributed by atoms with Gasteiger partial charge in [-0.1, -0.05) is 12.1 Å². The van der Waals surface area contributed by atoms with Crippen molar-refractivity contribution in [3.05, 3.63) is 45.9 Å². The molecule has 0 unspecified atom stereocenters. The van der Waals surface area contributed by atoms with Crippen LogP contribution in [-0.2, 0) is 13.1 Å². The molecule has 0 bridgehead atoms. The predicted octanol–water partition coefficient (Wildman–Crippen LogP) is 2.38. The third-order valence-corrected chi connectivity index (χ3v) is 3.35. The molecule has 2 heterocycles. The molecule has 0 aliphatic carbocycles. The van der Waals surface area contributed by atoms with Crippen LogP contribution in [0, 0.1) is 5.82 Å². The summed E-state index contributed by atoms with van der Waals surface area (Å²) < 4.78 is 16.1. The van der Waals surface area contributed by atoms with E-state index in [2.05, 4.69) is 26.3 Å². The minimum atomic E-state index is -0.257. The number of hydrogen-bond donors (Lipinski definition) is 1. The lowest BCUT2D eigenvalue weighted by molar-refractivity contribution is 0.603. The Morgan fingerprint density at radius 2 is 2.12 bits per heavy atom. The zero-order valence-corrected chi connectivity index (χ0v) is 9.96. The van der Waals surface area contributed by atoms with E-state index in [0.717, 1.165) is 29.0 Å². The van der Waals surface area contributed by atoms with E-state index >= 15 is 0 Å². The first-order valence-corrected chi connectivity index (χ1v) is 5.78. The smallest absolute Gasteiger partial charge is 0.148 e. The highest BCUT2D eigenvalue weighted by molar-refractivity contribution is 9.10. The van der Waals surface area contributed by atoms with Crippen molar-refractivity contribution < 1.29 is 4.39 Å². The van der Waals surface area contributed by atoms with Crippen LogP contribution in [0.25, 0.3) is 5.69 Å². The summed E-state index contributed by atoms with van der Waals surface area (Å²) in [5.74, 6) is -0.257. The fourth-order valence-corrected chi connectivity index (χ4v) is 2.47. The van der Waals surface area contributed by atoms with Gasteiger partial charge in [0.25, 0.3) is 0 Å². The molecule has 1 N–H and O–H groups in total. The van der Waals surface area contributed by atoms with Crippen LogP contribution in [0.3, 0.4) is 0 Å². The quantitative estimate of drug-likeness (QED) is 0.870. The first-order chi connectivity index (χ1) is 7.77. The van der Waals surface area contributed by atoms with Crippen LogP contribution in [0.4, 0.5) is 4.39 Å². The highest BCUT2D eigenvalue weighted by atomic mass is 79.9. The summed E-state index contributed by atoms with van der Waals surface area (Å²) in [6, 6.07) is 6.66. The van der Waals surface area contributed by atoms with Crippen molar-refractivity contribution in [1.82, 2.24) is 15.1 Å². The van der Waals surface area contributed by atoms with Gasteiger partial charge >= 0.3 is 0 Å². The monoisotopic (exact) mass is 281 g/mol. The van der Waals surface area contributed by atoms with Gasteiger partial charge in [-0.15, -0.1) is 0 Å². The predicted molar refractivity (Wildman–Crippen MR) is 61.8 cm³/mol. The van der Waals surface area contributed by atoms with Crippen molar-refractivity contribution in [3.63, 3.8) is 0 Å². The molecular formula is C11H9BrFN3. The molecule has 0 radical (unpaired) electrons. The summed E-state index contributed by atoms with van der Waals surface area (Å²) in [4.78, 5) is 0. The zero-order chi connectivity index (χ0) is 11.1. The Morgan fingerprint density at radius 1 is 1.31 bits per heavy atom. The molecule has 0 spiro atoms. The van der Waals surface area contributed by atoms with Crippen LogP contribution in [0.5, 0.6) is 0 Å². The Hall–Kier alpha value is -1.20. The van der Waals surface area contributed by atoms with E-state index in [4.69, 9.17) is 0 Å². The third kappa shape index (κ3) is 1.39. The molecule has 1 aromatic heterocycles. The lowest BCUT2D eigenvalue weighted by Crippen LogP contribution is -2.08. The van der Waals surface area contributed by atoms with Gasteiger partial charge in [0, 0.05) is 18.7 Å². The molecule has 1 aliphatic heterocycles. The maximum atomic E-state index is 13.7. The number of para-hydroxylation sites is 1. The highest BCUT2D eigenvalue weighted by Gasteiger charge is 2.22. The van der Waals surface area contributed by atoms with Crippen molar-refractivity contribution in [2.45, 2.75) is 13.1 Å². The minimum absolute atomic E-state index is 0.257. The number of nitrogens with zero attached hydrogens (tertiary/aromatic N) is 2. The molecule has 0 fully saturated rings. The molecule has 0 amide bonds. The molecule has 1 aliphatic rings. The van der Waals surface area contributed by atoms with E-state index in [1.54, 1.807) is 16.8 Å². The highest BCUT2D eigenvalue weighted by Crippen LogP contribution is 2.27. The van der Waals surface area contributed by atoms with Crippen LogP contribution >= 0.6 is 15.9 Å². The second-order valence-corrected chi connectivity index (χ2v) is 4.43.